The third-order valence-corrected chi connectivity index (χ3v) is 2.92. The van der Waals surface area contributed by atoms with Gasteiger partial charge in [0.2, 0.25) is 0 Å². The smallest absolute Gasteiger partial charge is 0.342 e. The second-order valence-corrected chi connectivity index (χ2v) is 4.32. The highest BCUT2D eigenvalue weighted by Gasteiger charge is 2.38. The van der Waals surface area contributed by atoms with E-state index >= 15 is 0 Å². The molecule has 3 atom stereocenters. The molecule has 0 spiro atoms. The van der Waals surface area contributed by atoms with Crippen molar-refractivity contribution in [1.29, 1.82) is 0 Å². The molecule has 1 aromatic rings. The molecule has 0 radical (unpaired) electrons. The molecular formula is C13H16O6. The monoisotopic (exact) mass is 268 g/mol. The Labute approximate surface area is 110 Å². The van der Waals surface area contributed by atoms with Gasteiger partial charge in [0, 0.05) is 0 Å². The van der Waals surface area contributed by atoms with Crippen LogP contribution in [0.5, 0.6) is 0 Å². The summed E-state index contributed by atoms with van der Waals surface area (Å²) in [6.45, 7) is 5.21. The highest BCUT2D eigenvalue weighted by molar-refractivity contribution is 5.90. The molecule has 0 unspecified atom stereocenters. The maximum absolute atomic E-state index is 11.7. The van der Waals surface area contributed by atoms with Gasteiger partial charge in [0.05, 0.1) is 6.61 Å². The third-order valence-electron chi connectivity index (χ3n) is 2.92. The summed E-state index contributed by atoms with van der Waals surface area (Å²) >= 11 is 0. The van der Waals surface area contributed by atoms with Crippen LogP contribution < -0.4 is 0 Å². The van der Waals surface area contributed by atoms with Gasteiger partial charge >= 0.3 is 5.97 Å². The summed E-state index contributed by atoms with van der Waals surface area (Å²) < 4.78 is 15.5. The number of rotatable bonds is 4. The van der Waals surface area contributed by atoms with E-state index in [1.54, 1.807) is 6.92 Å². The van der Waals surface area contributed by atoms with Gasteiger partial charge in [-0.3, -0.25) is 0 Å². The van der Waals surface area contributed by atoms with Gasteiger partial charge in [0.25, 0.3) is 0 Å². The average Bonchev–Trinajstić information content (AvgIpc) is 2.91. The van der Waals surface area contributed by atoms with E-state index in [1.165, 1.54) is 12.1 Å². The standard InChI is InChI=1S/C13H16O6/c1-3-4-17-13(16)8-5-10(19-7(8)2)12-11(15)9(14)6-18-12/h3,5,9,11-12,14-15H,1,4,6H2,2H3/t9-,11-,12+/m1/s1. The molecule has 0 bridgehead atoms. The fourth-order valence-corrected chi connectivity index (χ4v) is 1.91. The van der Waals surface area contributed by atoms with Crippen LogP contribution in [0.1, 0.15) is 28.0 Å². The maximum Gasteiger partial charge on any atom is 0.342 e. The number of ether oxygens (including phenoxy) is 2. The summed E-state index contributed by atoms with van der Waals surface area (Å²) in [5.74, 6) is 0.147. The molecule has 1 fully saturated rings. The fourth-order valence-electron chi connectivity index (χ4n) is 1.91. The molecule has 1 aromatic heterocycles. The zero-order chi connectivity index (χ0) is 14.0. The summed E-state index contributed by atoms with van der Waals surface area (Å²) in [5, 5.41) is 19.1. The molecule has 104 valence electrons. The lowest BCUT2D eigenvalue weighted by molar-refractivity contribution is 0.0117. The average molecular weight is 268 g/mol. The number of aliphatic hydroxyl groups is 2. The first-order chi connectivity index (χ1) is 9.04. The Balaban J connectivity index is 2.17. The number of carbonyl (C=O) groups is 1. The highest BCUT2D eigenvalue weighted by atomic mass is 16.5. The number of hydrogen-bond acceptors (Lipinski definition) is 6. The molecule has 6 heteroatoms. The SMILES string of the molecule is C=CCOC(=O)c1cc([C@@H]2OC[C@@H](O)[C@H]2O)oc1C. The molecule has 2 rings (SSSR count). The van der Waals surface area contributed by atoms with Crippen molar-refractivity contribution >= 4 is 5.97 Å². The van der Waals surface area contributed by atoms with Crippen LogP contribution in [0.25, 0.3) is 0 Å². The van der Waals surface area contributed by atoms with Crippen molar-refractivity contribution in [3.05, 3.63) is 35.8 Å². The Morgan fingerprint density at radius 1 is 1.63 bits per heavy atom. The van der Waals surface area contributed by atoms with E-state index in [0.717, 1.165) is 0 Å². The molecule has 1 aliphatic rings. The molecule has 0 saturated carbocycles. The number of aliphatic hydroxyl groups excluding tert-OH is 2. The van der Waals surface area contributed by atoms with Crippen LogP contribution in [0.2, 0.25) is 0 Å². The van der Waals surface area contributed by atoms with E-state index < -0.39 is 24.3 Å². The molecule has 1 saturated heterocycles. The zero-order valence-electron chi connectivity index (χ0n) is 10.5. The first kappa shape index (κ1) is 13.8. The topological polar surface area (TPSA) is 89.1 Å². The lowest BCUT2D eigenvalue weighted by Crippen LogP contribution is -2.24. The van der Waals surface area contributed by atoms with E-state index in [4.69, 9.17) is 13.9 Å². The van der Waals surface area contributed by atoms with Crippen LogP contribution in [0.4, 0.5) is 0 Å². The molecule has 0 aromatic carbocycles. The van der Waals surface area contributed by atoms with Gasteiger partial charge in [-0.05, 0) is 13.0 Å². The van der Waals surface area contributed by atoms with E-state index in [2.05, 4.69) is 6.58 Å². The van der Waals surface area contributed by atoms with Crippen LogP contribution in [0.3, 0.4) is 0 Å². The van der Waals surface area contributed by atoms with Crippen LogP contribution >= 0.6 is 0 Å². The molecular weight excluding hydrogens is 252 g/mol. The first-order valence-electron chi connectivity index (χ1n) is 5.90. The molecule has 0 amide bonds. The van der Waals surface area contributed by atoms with E-state index in [0.29, 0.717) is 11.5 Å². The number of hydrogen-bond donors (Lipinski definition) is 2. The highest BCUT2D eigenvalue weighted by Crippen LogP contribution is 2.32. The van der Waals surface area contributed by atoms with Crippen molar-refractivity contribution in [2.75, 3.05) is 13.2 Å². The first-order valence-corrected chi connectivity index (χ1v) is 5.90. The van der Waals surface area contributed by atoms with Gasteiger partial charge in [-0.25, -0.2) is 4.79 Å². The molecule has 19 heavy (non-hydrogen) atoms. The Bertz CT molecular complexity index is 477. The van der Waals surface area contributed by atoms with Crippen molar-refractivity contribution in [2.24, 2.45) is 0 Å². The molecule has 2 N–H and O–H groups in total. The van der Waals surface area contributed by atoms with Crippen LogP contribution in [-0.2, 0) is 9.47 Å². The minimum atomic E-state index is -1.07. The second-order valence-electron chi connectivity index (χ2n) is 4.32. The Kier molecular flexibility index (Phi) is 4.04. The van der Waals surface area contributed by atoms with Crippen LogP contribution in [0, 0.1) is 6.92 Å². The van der Waals surface area contributed by atoms with E-state index in [1.807, 2.05) is 0 Å². The van der Waals surface area contributed by atoms with Gasteiger partial charge < -0.3 is 24.1 Å². The summed E-state index contributed by atoms with van der Waals surface area (Å²) in [6.07, 6.45) is -1.32. The quantitative estimate of drug-likeness (QED) is 0.618. The number of esters is 1. The molecule has 2 heterocycles. The Morgan fingerprint density at radius 3 is 2.95 bits per heavy atom. The van der Waals surface area contributed by atoms with Gasteiger partial charge in [-0.2, -0.15) is 0 Å². The predicted molar refractivity (Wildman–Crippen MR) is 64.6 cm³/mol. The number of carbonyl (C=O) groups excluding carboxylic acids is 1. The van der Waals surface area contributed by atoms with Crippen LogP contribution in [0.15, 0.2) is 23.1 Å². The molecule has 6 nitrogen and oxygen atoms in total. The van der Waals surface area contributed by atoms with Crippen molar-refractivity contribution in [3.63, 3.8) is 0 Å². The minimum absolute atomic E-state index is 0.0296. The minimum Gasteiger partial charge on any atom is -0.463 e. The Morgan fingerprint density at radius 2 is 2.37 bits per heavy atom. The predicted octanol–water partition coefficient (Wildman–Crippen LogP) is 0.724. The van der Waals surface area contributed by atoms with Crippen molar-refractivity contribution in [2.45, 2.75) is 25.2 Å². The molecule has 1 aliphatic heterocycles. The zero-order valence-corrected chi connectivity index (χ0v) is 10.5. The van der Waals surface area contributed by atoms with Crippen molar-refractivity contribution in [1.82, 2.24) is 0 Å². The number of aryl methyl sites for hydroxylation is 1. The lowest BCUT2D eigenvalue weighted by Gasteiger charge is -2.11. The Hall–Kier alpha value is -1.63. The van der Waals surface area contributed by atoms with Gasteiger partial charge in [0.1, 0.15) is 42.0 Å². The van der Waals surface area contributed by atoms with E-state index in [9.17, 15) is 15.0 Å². The second kappa shape index (κ2) is 5.56. The largest absolute Gasteiger partial charge is 0.463 e. The van der Waals surface area contributed by atoms with Crippen molar-refractivity contribution < 1.29 is 28.9 Å². The van der Waals surface area contributed by atoms with Gasteiger partial charge in [-0.1, -0.05) is 12.7 Å². The summed E-state index contributed by atoms with van der Waals surface area (Å²) in [6, 6.07) is 1.46. The lowest BCUT2D eigenvalue weighted by atomic mass is 10.1. The van der Waals surface area contributed by atoms with E-state index in [-0.39, 0.29) is 18.8 Å². The summed E-state index contributed by atoms with van der Waals surface area (Å²) in [7, 11) is 0. The summed E-state index contributed by atoms with van der Waals surface area (Å²) in [5.41, 5.74) is 0.272. The van der Waals surface area contributed by atoms with Gasteiger partial charge in [-0.15, -0.1) is 0 Å². The normalized spacial score (nSPS) is 26.4. The number of furan rings is 1. The maximum atomic E-state index is 11.7. The van der Waals surface area contributed by atoms with Crippen molar-refractivity contribution in [3.8, 4) is 0 Å². The third kappa shape index (κ3) is 2.70. The summed E-state index contributed by atoms with van der Waals surface area (Å²) in [4.78, 5) is 11.7. The molecule has 0 aliphatic carbocycles. The van der Waals surface area contributed by atoms with Gasteiger partial charge in [0.15, 0.2) is 0 Å². The van der Waals surface area contributed by atoms with Crippen LogP contribution in [-0.4, -0.2) is 41.6 Å². The fraction of sp³-hybridized carbons (Fsp3) is 0.462.